The average Bonchev–Trinajstić information content (AvgIpc) is 2.52. The SMILES string of the molecule is CC1CNC(C2CCCCC2)CN1CC1CCCCN1C. The van der Waals surface area contributed by atoms with E-state index in [4.69, 9.17) is 0 Å². The van der Waals surface area contributed by atoms with E-state index in [-0.39, 0.29) is 0 Å². The van der Waals surface area contributed by atoms with E-state index < -0.39 is 0 Å². The Morgan fingerprint density at radius 1 is 1.00 bits per heavy atom. The first-order chi connectivity index (χ1) is 10.2. The Balaban J connectivity index is 1.55. The van der Waals surface area contributed by atoms with Gasteiger partial charge in [0.2, 0.25) is 0 Å². The molecule has 0 amide bonds. The van der Waals surface area contributed by atoms with Gasteiger partial charge in [0, 0.05) is 37.8 Å². The van der Waals surface area contributed by atoms with Crippen LogP contribution < -0.4 is 5.32 Å². The van der Waals surface area contributed by atoms with Crippen molar-refractivity contribution in [1.82, 2.24) is 15.1 Å². The van der Waals surface area contributed by atoms with Crippen LogP contribution in [0.5, 0.6) is 0 Å². The summed E-state index contributed by atoms with van der Waals surface area (Å²) in [4.78, 5) is 5.40. The lowest BCUT2D eigenvalue weighted by atomic mass is 9.82. The molecule has 1 N–H and O–H groups in total. The maximum atomic E-state index is 3.86. The number of hydrogen-bond donors (Lipinski definition) is 1. The molecule has 0 bridgehead atoms. The van der Waals surface area contributed by atoms with Crippen LogP contribution in [0.3, 0.4) is 0 Å². The Hall–Kier alpha value is -0.120. The van der Waals surface area contributed by atoms with E-state index >= 15 is 0 Å². The summed E-state index contributed by atoms with van der Waals surface area (Å²) in [6.07, 6.45) is 11.5. The van der Waals surface area contributed by atoms with Crippen molar-refractivity contribution in [2.45, 2.75) is 76.4 Å². The molecule has 0 aromatic rings. The summed E-state index contributed by atoms with van der Waals surface area (Å²) in [5.41, 5.74) is 0. The number of hydrogen-bond acceptors (Lipinski definition) is 3. The fourth-order valence-electron chi connectivity index (χ4n) is 4.70. The molecule has 1 saturated carbocycles. The van der Waals surface area contributed by atoms with Crippen molar-refractivity contribution >= 4 is 0 Å². The summed E-state index contributed by atoms with van der Waals surface area (Å²) in [5, 5.41) is 3.86. The first-order valence-electron chi connectivity index (χ1n) is 9.41. The number of nitrogens with zero attached hydrogens (tertiary/aromatic N) is 2. The Kier molecular flexibility index (Phi) is 5.58. The molecule has 3 unspecified atom stereocenters. The molecule has 0 aromatic carbocycles. The standard InChI is InChI=1S/C18H35N3/c1-15-12-19-18(16-8-4-3-5-9-16)14-21(15)13-17-10-6-7-11-20(17)2/h15-19H,3-14H2,1-2H3. The van der Waals surface area contributed by atoms with Crippen LogP contribution in [-0.2, 0) is 0 Å². The van der Waals surface area contributed by atoms with Crippen LogP contribution in [0.1, 0.15) is 58.3 Å². The van der Waals surface area contributed by atoms with Crippen molar-refractivity contribution in [3.05, 3.63) is 0 Å². The van der Waals surface area contributed by atoms with Gasteiger partial charge in [0.25, 0.3) is 0 Å². The first kappa shape index (κ1) is 15.8. The fraction of sp³-hybridized carbons (Fsp3) is 1.00. The molecule has 2 heterocycles. The van der Waals surface area contributed by atoms with E-state index in [9.17, 15) is 0 Å². The van der Waals surface area contributed by atoms with E-state index in [1.807, 2.05) is 0 Å². The quantitative estimate of drug-likeness (QED) is 0.863. The molecule has 3 rings (SSSR count). The number of nitrogens with one attached hydrogen (secondary N) is 1. The van der Waals surface area contributed by atoms with Crippen LogP contribution in [0.4, 0.5) is 0 Å². The highest BCUT2D eigenvalue weighted by Gasteiger charge is 2.32. The minimum absolute atomic E-state index is 0.708. The monoisotopic (exact) mass is 293 g/mol. The molecule has 1 aliphatic carbocycles. The highest BCUT2D eigenvalue weighted by atomic mass is 15.3. The summed E-state index contributed by atoms with van der Waals surface area (Å²) in [6, 6.07) is 2.27. The lowest BCUT2D eigenvalue weighted by Gasteiger charge is -2.45. The number of likely N-dealkylation sites (N-methyl/N-ethyl adjacent to an activating group) is 1. The lowest BCUT2D eigenvalue weighted by molar-refractivity contribution is 0.0622. The van der Waals surface area contributed by atoms with Gasteiger partial charge in [-0.15, -0.1) is 0 Å². The minimum Gasteiger partial charge on any atom is -0.311 e. The van der Waals surface area contributed by atoms with Crippen molar-refractivity contribution in [1.29, 1.82) is 0 Å². The van der Waals surface area contributed by atoms with Gasteiger partial charge in [-0.25, -0.2) is 0 Å². The van der Waals surface area contributed by atoms with Crippen LogP contribution >= 0.6 is 0 Å². The number of piperidine rings is 1. The second-order valence-electron chi connectivity index (χ2n) is 7.85. The highest BCUT2D eigenvalue weighted by molar-refractivity contribution is 4.91. The van der Waals surface area contributed by atoms with E-state index in [0.717, 1.165) is 18.0 Å². The third-order valence-corrected chi connectivity index (χ3v) is 6.32. The number of rotatable bonds is 3. The van der Waals surface area contributed by atoms with Crippen LogP contribution in [0.25, 0.3) is 0 Å². The van der Waals surface area contributed by atoms with Gasteiger partial charge in [0.05, 0.1) is 0 Å². The number of piperazine rings is 1. The van der Waals surface area contributed by atoms with Crippen LogP contribution in [0.2, 0.25) is 0 Å². The maximum absolute atomic E-state index is 3.86. The van der Waals surface area contributed by atoms with Crippen molar-refractivity contribution in [3.8, 4) is 0 Å². The second kappa shape index (κ2) is 7.43. The summed E-state index contributed by atoms with van der Waals surface area (Å²) in [5.74, 6) is 0.942. The van der Waals surface area contributed by atoms with Gasteiger partial charge < -0.3 is 10.2 Å². The zero-order valence-electron chi connectivity index (χ0n) is 14.2. The Morgan fingerprint density at radius 3 is 2.52 bits per heavy atom. The van der Waals surface area contributed by atoms with Crippen molar-refractivity contribution in [2.75, 3.05) is 33.2 Å². The van der Waals surface area contributed by atoms with Gasteiger partial charge in [-0.2, -0.15) is 0 Å². The summed E-state index contributed by atoms with van der Waals surface area (Å²) < 4.78 is 0. The molecule has 3 aliphatic rings. The molecule has 21 heavy (non-hydrogen) atoms. The van der Waals surface area contributed by atoms with Gasteiger partial charge >= 0.3 is 0 Å². The van der Waals surface area contributed by atoms with Gasteiger partial charge in [-0.3, -0.25) is 4.90 Å². The van der Waals surface area contributed by atoms with Gasteiger partial charge in [-0.05, 0) is 52.1 Å². The smallest absolute Gasteiger partial charge is 0.0224 e. The molecular weight excluding hydrogens is 258 g/mol. The Labute approximate surface area is 131 Å². The Bertz CT molecular complexity index is 314. The highest BCUT2D eigenvalue weighted by Crippen LogP contribution is 2.29. The van der Waals surface area contributed by atoms with Crippen LogP contribution in [0.15, 0.2) is 0 Å². The molecule has 0 radical (unpaired) electrons. The lowest BCUT2D eigenvalue weighted by Crippen LogP contribution is -2.60. The van der Waals surface area contributed by atoms with E-state index in [1.165, 1.54) is 77.5 Å². The summed E-state index contributed by atoms with van der Waals surface area (Å²) in [7, 11) is 2.33. The minimum atomic E-state index is 0.708. The third kappa shape index (κ3) is 4.00. The molecular formula is C18H35N3. The second-order valence-corrected chi connectivity index (χ2v) is 7.85. The van der Waals surface area contributed by atoms with Crippen LogP contribution in [-0.4, -0.2) is 61.2 Å². The van der Waals surface area contributed by atoms with Gasteiger partial charge in [0.15, 0.2) is 0 Å². The molecule has 3 nitrogen and oxygen atoms in total. The maximum Gasteiger partial charge on any atom is 0.0224 e. The van der Waals surface area contributed by atoms with E-state index in [0.29, 0.717) is 6.04 Å². The largest absolute Gasteiger partial charge is 0.311 e. The fourth-order valence-corrected chi connectivity index (χ4v) is 4.70. The van der Waals surface area contributed by atoms with E-state index in [1.54, 1.807) is 0 Å². The average molecular weight is 293 g/mol. The van der Waals surface area contributed by atoms with Gasteiger partial charge in [-0.1, -0.05) is 25.7 Å². The zero-order chi connectivity index (χ0) is 14.7. The molecule has 2 saturated heterocycles. The summed E-state index contributed by atoms with van der Waals surface area (Å²) >= 11 is 0. The molecule has 3 heteroatoms. The molecule has 3 fully saturated rings. The topological polar surface area (TPSA) is 18.5 Å². The Morgan fingerprint density at radius 2 is 1.76 bits per heavy atom. The van der Waals surface area contributed by atoms with Crippen molar-refractivity contribution in [2.24, 2.45) is 5.92 Å². The van der Waals surface area contributed by atoms with E-state index in [2.05, 4.69) is 29.1 Å². The van der Waals surface area contributed by atoms with Gasteiger partial charge in [0.1, 0.15) is 0 Å². The molecule has 122 valence electrons. The first-order valence-corrected chi connectivity index (χ1v) is 9.41. The van der Waals surface area contributed by atoms with Crippen molar-refractivity contribution < 1.29 is 0 Å². The molecule has 3 atom stereocenters. The number of likely N-dealkylation sites (tertiary alicyclic amines) is 1. The van der Waals surface area contributed by atoms with Crippen molar-refractivity contribution in [3.63, 3.8) is 0 Å². The predicted molar refractivity (Wildman–Crippen MR) is 89.7 cm³/mol. The molecule has 2 aliphatic heterocycles. The third-order valence-electron chi connectivity index (χ3n) is 6.32. The predicted octanol–water partition coefficient (Wildman–Crippen LogP) is 2.71. The summed E-state index contributed by atoms with van der Waals surface area (Å²) in [6.45, 7) is 7.49. The normalized spacial score (nSPS) is 37.7. The van der Waals surface area contributed by atoms with Crippen LogP contribution in [0, 0.1) is 5.92 Å². The molecule has 0 aromatic heterocycles. The zero-order valence-corrected chi connectivity index (χ0v) is 14.2. The molecule has 0 spiro atoms.